The van der Waals surface area contributed by atoms with E-state index < -0.39 is 33.9 Å². The van der Waals surface area contributed by atoms with Crippen LogP contribution in [0.15, 0.2) is 64.4 Å². The maximum atomic E-state index is 12.9. The molecule has 33 heavy (non-hydrogen) atoms. The van der Waals surface area contributed by atoms with Gasteiger partial charge in [-0.2, -0.15) is 18.3 Å². The number of carbonyl (C=O) groups excluding carboxylic acids is 1. The first-order valence-electron chi connectivity index (χ1n) is 9.36. The van der Waals surface area contributed by atoms with E-state index in [1.807, 2.05) is 0 Å². The maximum absolute atomic E-state index is 12.9. The van der Waals surface area contributed by atoms with Crippen molar-refractivity contribution in [2.45, 2.75) is 24.5 Å². The summed E-state index contributed by atoms with van der Waals surface area (Å²) in [6, 6.07) is 11.2. The lowest BCUT2D eigenvalue weighted by Gasteiger charge is -2.14. The first kappa shape index (κ1) is 24.0. The van der Waals surface area contributed by atoms with Gasteiger partial charge in [0.2, 0.25) is 11.7 Å². The van der Waals surface area contributed by atoms with Crippen LogP contribution in [0.2, 0.25) is 0 Å². The molecule has 0 bridgehead atoms. The second kappa shape index (κ2) is 9.06. The van der Waals surface area contributed by atoms with Crippen LogP contribution in [0.3, 0.4) is 0 Å². The van der Waals surface area contributed by atoms with Crippen molar-refractivity contribution in [1.82, 2.24) is 9.78 Å². The topological polar surface area (TPSA) is 107 Å². The van der Waals surface area contributed by atoms with Crippen molar-refractivity contribution in [1.29, 1.82) is 0 Å². The summed E-state index contributed by atoms with van der Waals surface area (Å²) in [6.07, 6.45) is -2.61. The van der Waals surface area contributed by atoms with E-state index in [4.69, 9.17) is 4.74 Å². The summed E-state index contributed by atoms with van der Waals surface area (Å²) in [5, 5.41) is 6.15. The van der Waals surface area contributed by atoms with Gasteiger partial charge in [0.1, 0.15) is 12.3 Å². The molecule has 174 valence electrons. The number of sulfone groups is 1. The van der Waals surface area contributed by atoms with E-state index in [1.165, 1.54) is 55.5 Å². The Labute approximate surface area is 186 Å². The van der Waals surface area contributed by atoms with Crippen LogP contribution in [0.1, 0.15) is 6.92 Å². The van der Waals surface area contributed by atoms with Crippen molar-refractivity contribution in [2.75, 3.05) is 11.6 Å². The Bertz CT molecular complexity index is 1330. The monoisotopic (exact) mass is 481 g/mol. The standard InChI is InChI=1S/C21H18F3N3O5S/c1-13(28)26-15-5-7-16(8-6-15)32-19-18(11-25-27(20(19)29)12-21(22,23)24)14-3-9-17(10-4-14)33(2,30)31/h3-11H,12H2,1-2H3,(H,26,28). The molecule has 8 nitrogen and oxygen atoms in total. The Morgan fingerprint density at radius 1 is 1.09 bits per heavy atom. The van der Waals surface area contributed by atoms with Crippen LogP contribution in [0.25, 0.3) is 11.1 Å². The third-order valence-corrected chi connectivity index (χ3v) is 5.45. The molecule has 0 unspecified atom stereocenters. The second-order valence-electron chi connectivity index (χ2n) is 7.07. The molecule has 0 fully saturated rings. The van der Waals surface area contributed by atoms with Crippen LogP contribution in [-0.4, -0.2) is 36.5 Å². The van der Waals surface area contributed by atoms with E-state index in [2.05, 4.69) is 10.4 Å². The smallest absolute Gasteiger partial charge is 0.408 e. The lowest BCUT2D eigenvalue weighted by molar-refractivity contribution is -0.143. The van der Waals surface area contributed by atoms with Crippen molar-refractivity contribution in [3.8, 4) is 22.6 Å². The molecule has 0 aliphatic rings. The highest BCUT2D eigenvalue weighted by Crippen LogP contribution is 2.31. The number of ether oxygens (including phenoxy) is 1. The van der Waals surface area contributed by atoms with Crippen LogP contribution in [-0.2, 0) is 21.2 Å². The minimum absolute atomic E-state index is 0.0284. The van der Waals surface area contributed by atoms with Gasteiger partial charge >= 0.3 is 11.7 Å². The summed E-state index contributed by atoms with van der Waals surface area (Å²) in [5.41, 5.74) is -0.279. The van der Waals surface area contributed by atoms with Crippen LogP contribution in [0, 0.1) is 0 Å². The molecule has 2 aromatic carbocycles. The summed E-state index contributed by atoms with van der Waals surface area (Å²) < 4.78 is 67.9. The molecule has 1 aromatic heterocycles. The van der Waals surface area contributed by atoms with Crippen molar-refractivity contribution in [3.05, 3.63) is 65.1 Å². The molecule has 0 aliphatic carbocycles. The number of amides is 1. The average Bonchev–Trinajstić information content (AvgIpc) is 2.70. The SMILES string of the molecule is CC(=O)Nc1ccc(Oc2c(-c3ccc(S(C)(=O)=O)cc3)cnn(CC(F)(F)F)c2=O)cc1. The first-order valence-corrected chi connectivity index (χ1v) is 11.3. The number of anilines is 1. The summed E-state index contributed by atoms with van der Waals surface area (Å²) in [4.78, 5) is 24.0. The van der Waals surface area contributed by atoms with Gasteiger partial charge in [-0.1, -0.05) is 12.1 Å². The van der Waals surface area contributed by atoms with Gasteiger partial charge in [-0.3, -0.25) is 9.59 Å². The average molecular weight is 481 g/mol. The fourth-order valence-corrected chi connectivity index (χ4v) is 3.50. The highest BCUT2D eigenvalue weighted by molar-refractivity contribution is 7.90. The third kappa shape index (κ3) is 6.19. The Morgan fingerprint density at radius 3 is 2.21 bits per heavy atom. The van der Waals surface area contributed by atoms with Gasteiger partial charge in [-0.15, -0.1) is 0 Å². The molecule has 1 N–H and O–H groups in total. The number of rotatable bonds is 6. The van der Waals surface area contributed by atoms with E-state index in [9.17, 15) is 31.2 Å². The Hall–Kier alpha value is -3.67. The lowest BCUT2D eigenvalue weighted by atomic mass is 10.1. The van der Waals surface area contributed by atoms with Crippen molar-refractivity contribution < 1.29 is 31.1 Å². The summed E-state index contributed by atoms with van der Waals surface area (Å²) in [7, 11) is -3.48. The number of halogens is 3. The van der Waals surface area contributed by atoms with E-state index in [0.29, 0.717) is 11.3 Å². The third-order valence-electron chi connectivity index (χ3n) is 4.32. The van der Waals surface area contributed by atoms with E-state index in [1.54, 1.807) is 0 Å². The number of hydrogen-bond acceptors (Lipinski definition) is 6. The molecule has 3 rings (SSSR count). The number of alkyl halides is 3. The number of benzene rings is 2. The number of aromatic nitrogens is 2. The number of nitrogens with zero attached hydrogens (tertiary/aromatic N) is 2. The molecule has 0 atom stereocenters. The van der Waals surface area contributed by atoms with Crippen molar-refractivity contribution in [3.63, 3.8) is 0 Å². The van der Waals surface area contributed by atoms with Gasteiger partial charge in [-0.05, 0) is 42.0 Å². The fourth-order valence-electron chi connectivity index (χ4n) is 2.87. The maximum Gasteiger partial charge on any atom is 0.408 e. The van der Waals surface area contributed by atoms with Gasteiger partial charge < -0.3 is 10.1 Å². The summed E-state index contributed by atoms with van der Waals surface area (Å²) in [5.74, 6) is -0.596. The summed E-state index contributed by atoms with van der Waals surface area (Å²) in [6.45, 7) is -0.289. The molecule has 0 saturated carbocycles. The highest BCUT2D eigenvalue weighted by Gasteiger charge is 2.30. The minimum Gasteiger partial charge on any atom is -0.451 e. The summed E-state index contributed by atoms with van der Waals surface area (Å²) >= 11 is 0. The van der Waals surface area contributed by atoms with Crippen molar-refractivity contribution >= 4 is 21.4 Å². The lowest BCUT2D eigenvalue weighted by Crippen LogP contribution is -2.30. The predicted octanol–water partition coefficient (Wildman–Crippen LogP) is 3.63. The largest absolute Gasteiger partial charge is 0.451 e. The van der Waals surface area contributed by atoms with Gasteiger partial charge in [0.05, 0.1) is 16.7 Å². The van der Waals surface area contributed by atoms with Gasteiger partial charge in [0.25, 0.3) is 0 Å². The zero-order valence-electron chi connectivity index (χ0n) is 17.4. The molecule has 3 aromatic rings. The molecule has 0 aliphatic heterocycles. The molecular weight excluding hydrogens is 463 g/mol. The Balaban J connectivity index is 2.07. The second-order valence-corrected chi connectivity index (χ2v) is 9.09. The van der Waals surface area contributed by atoms with Gasteiger partial charge in [-0.25, -0.2) is 13.1 Å². The number of nitrogens with one attached hydrogen (secondary N) is 1. The Kier molecular flexibility index (Phi) is 6.58. The molecule has 0 saturated heterocycles. The molecule has 12 heteroatoms. The minimum atomic E-state index is -4.69. The zero-order valence-corrected chi connectivity index (χ0v) is 18.2. The fraction of sp³-hybridized carbons (Fsp3) is 0.190. The zero-order chi connectivity index (χ0) is 24.4. The van der Waals surface area contributed by atoms with Gasteiger partial charge in [0.15, 0.2) is 9.84 Å². The van der Waals surface area contributed by atoms with E-state index >= 15 is 0 Å². The molecule has 1 amide bonds. The molecule has 1 heterocycles. The number of hydrogen-bond donors (Lipinski definition) is 1. The Morgan fingerprint density at radius 2 is 1.70 bits per heavy atom. The molecule has 0 spiro atoms. The normalized spacial score (nSPS) is 11.8. The van der Waals surface area contributed by atoms with E-state index in [0.717, 1.165) is 12.5 Å². The van der Waals surface area contributed by atoms with Crippen molar-refractivity contribution in [2.24, 2.45) is 0 Å². The number of carbonyl (C=O) groups is 1. The predicted molar refractivity (Wildman–Crippen MR) is 114 cm³/mol. The van der Waals surface area contributed by atoms with Crippen LogP contribution < -0.4 is 15.6 Å². The molecule has 0 radical (unpaired) electrons. The van der Waals surface area contributed by atoms with Crippen LogP contribution >= 0.6 is 0 Å². The highest BCUT2D eigenvalue weighted by atomic mass is 32.2. The molecular formula is C21H18F3N3O5S. The van der Waals surface area contributed by atoms with Crippen LogP contribution in [0.5, 0.6) is 11.5 Å². The first-order chi connectivity index (χ1) is 15.3. The quantitative estimate of drug-likeness (QED) is 0.576. The van der Waals surface area contributed by atoms with E-state index in [-0.39, 0.29) is 26.8 Å². The van der Waals surface area contributed by atoms with Gasteiger partial charge in [0, 0.05) is 18.9 Å². The van der Waals surface area contributed by atoms with Crippen LogP contribution in [0.4, 0.5) is 18.9 Å².